The molecule has 1 heterocycles. The van der Waals surface area contributed by atoms with Crippen molar-refractivity contribution >= 4 is 29.2 Å². The van der Waals surface area contributed by atoms with Gasteiger partial charge in [0.1, 0.15) is 4.88 Å². The van der Waals surface area contributed by atoms with Crippen molar-refractivity contribution in [2.24, 2.45) is 4.99 Å². The summed E-state index contributed by atoms with van der Waals surface area (Å²) < 4.78 is 6.22. The van der Waals surface area contributed by atoms with Crippen molar-refractivity contribution in [2.45, 2.75) is 26.8 Å². The Morgan fingerprint density at radius 3 is 2.57 bits per heavy atom. The lowest BCUT2D eigenvalue weighted by Crippen LogP contribution is -2.14. The molecule has 23 heavy (non-hydrogen) atoms. The van der Waals surface area contributed by atoms with E-state index < -0.39 is 0 Å². The Morgan fingerprint density at radius 1 is 1.39 bits per heavy atom. The zero-order valence-electron chi connectivity index (χ0n) is 13.1. The maximum absolute atomic E-state index is 11.8. The van der Waals surface area contributed by atoms with Crippen LogP contribution in [-0.2, 0) is 4.74 Å². The smallest absolute Gasteiger partial charge is 0.338 e. The van der Waals surface area contributed by atoms with E-state index in [-0.39, 0.29) is 22.8 Å². The third-order valence-corrected chi connectivity index (χ3v) is 3.95. The molecule has 2 rings (SSSR count). The minimum absolute atomic E-state index is 0.0816. The highest BCUT2D eigenvalue weighted by atomic mass is 32.1. The molecule has 7 heteroatoms. The van der Waals surface area contributed by atoms with Gasteiger partial charge in [-0.1, -0.05) is 11.3 Å². The van der Waals surface area contributed by atoms with Gasteiger partial charge in [0, 0.05) is 6.04 Å². The lowest BCUT2D eigenvalue weighted by molar-refractivity contribution is 0.0526. The Kier molecular flexibility index (Phi) is 5.33. The first-order chi connectivity index (χ1) is 10.9. The summed E-state index contributed by atoms with van der Waals surface area (Å²) in [6.45, 7) is 5.72. The van der Waals surface area contributed by atoms with Crippen molar-refractivity contribution in [2.75, 3.05) is 6.61 Å². The molecule has 0 aliphatic heterocycles. The maximum atomic E-state index is 11.8. The maximum Gasteiger partial charge on any atom is 0.338 e. The Labute approximate surface area is 137 Å². The van der Waals surface area contributed by atoms with Crippen LogP contribution in [0.15, 0.2) is 34.1 Å². The van der Waals surface area contributed by atoms with E-state index in [1.807, 2.05) is 13.8 Å². The molecule has 0 aliphatic rings. The first-order valence-corrected chi connectivity index (χ1v) is 8.01. The fourth-order valence-electron chi connectivity index (χ4n) is 1.96. The van der Waals surface area contributed by atoms with Crippen LogP contribution in [0.2, 0.25) is 0 Å². The zero-order valence-corrected chi connectivity index (χ0v) is 14.0. The number of ether oxygens (including phenoxy) is 1. The summed E-state index contributed by atoms with van der Waals surface area (Å²) >= 11 is 0.937. The Bertz CT molecular complexity index is 772. The topological polar surface area (TPSA) is 80.9 Å². The summed E-state index contributed by atoms with van der Waals surface area (Å²) in [5.41, 5.74) is 1.05. The van der Waals surface area contributed by atoms with Gasteiger partial charge in [-0.15, -0.1) is 0 Å². The zero-order chi connectivity index (χ0) is 17.0. The van der Waals surface area contributed by atoms with Crippen LogP contribution >= 0.6 is 11.3 Å². The van der Waals surface area contributed by atoms with Gasteiger partial charge in [-0.25, -0.2) is 4.79 Å². The van der Waals surface area contributed by atoms with Gasteiger partial charge in [0.05, 0.1) is 24.1 Å². The number of hydrogen-bond acceptors (Lipinski definition) is 6. The quantitative estimate of drug-likeness (QED) is 0.673. The number of hydrogen-bond donors (Lipinski definition) is 1. The van der Waals surface area contributed by atoms with Crippen LogP contribution in [0.4, 0.5) is 5.69 Å². The second-order valence-corrected chi connectivity index (χ2v) is 6.04. The van der Waals surface area contributed by atoms with E-state index in [9.17, 15) is 14.7 Å². The van der Waals surface area contributed by atoms with Gasteiger partial charge in [0.2, 0.25) is 5.88 Å². The monoisotopic (exact) mass is 334 g/mol. The largest absolute Gasteiger partial charge is 0.493 e. The van der Waals surface area contributed by atoms with Crippen molar-refractivity contribution in [3.63, 3.8) is 0 Å². The average Bonchev–Trinajstić information content (AvgIpc) is 2.80. The number of esters is 1. The number of aromatic nitrogens is 1. The number of carbonyl (C=O) groups is 1. The standard InChI is InChI=1S/C16H18N2O4S/c1-4-22-15(20)11-5-7-12(8-6-11)17-9-13-14(19)18(10(2)3)16(21)23-13/h5-10,19H,4H2,1-3H3. The third kappa shape index (κ3) is 3.87. The highest BCUT2D eigenvalue weighted by molar-refractivity contribution is 7.11. The SMILES string of the molecule is CCOC(=O)c1ccc(N=Cc2sc(=O)n(C(C)C)c2O)cc1. The first kappa shape index (κ1) is 17.0. The van der Waals surface area contributed by atoms with E-state index in [2.05, 4.69) is 4.99 Å². The van der Waals surface area contributed by atoms with Crippen LogP contribution < -0.4 is 4.87 Å². The molecule has 2 aromatic rings. The predicted octanol–water partition coefficient (Wildman–Crippen LogP) is 3.12. The molecule has 0 fully saturated rings. The molecular formula is C16H18N2O4S. The molecule has 1 aromatic carbocycles. The second kappa shape index (κ2) is 7.23. The van der Waals surface area contributed by atoms with Gasteiger partial charge in [-0.2, -0.15) is 0 Å². The Morgan fingerprint density at radius 2 is 2.04 bits per heavy atom. The molecule has 122 valence electrons. The highest BCUT2D eigenvalue weighted by Gasteiger charge is 2.14. The summed E-state index contributed by atoms with van der Waals surface area (Å²) in [6, 6.07) is 6.45. The molecule has 1 N–H and O–H groups in total. The number of rotatable bonds is 5. The number of thiazole rings is 1. The van der Waals surface area contributed by atoms with E-state index in [0.717, 1.165) is 11.3 Å². The molecule has 0 saturated carbocycles. The summed E-state index contributed by atoms with van der Waals surface area (Å²) in [4.78, 5) is 27.8. The molecule has 6 nitrogen and oxygen atoms in total. The van der Waals surface area contributed by atoms with Crippen molar-refractivity contribution in [3.05, 3.63) is 44.4 Å². The van der Waals surface area contributed by atoms with Crippen LogP contribution in [0.25, 0.3) is 0 Å². The third-order valence-electron chi connectivity index (χ3n) is 3.07. The summed E-state index contributed by atoms with van der Waals surface area (Å²) in [5, 5.41) is 10.1. The molecular weight excluding hydrogens is 316 g/mol. The van der Waals surface area contributed by atoms with Gasteiger partial charge >= 0.3 is 10.8 Å². The molecule has 1 aromatic heterocycles. The van der Waals surface area contributed by atoms with E-state index in [1.165, 1.54) is 10.8 Å². The molecule has 0 unspecified atom stereocenters. The van der Waals surface area contributed by atoms with Crippen molar-refractivity contribution in [1.82, 2.24) is 4.57 Å². The molecule has 0 amide bonds. The van der Waals surface area contributed by atoms with Crippen molar-refractivity contribution < 1.29 is 14.6 Å². The van der Waals surface area contributed by atoms with Crippen molar-refractivity contribution in [3.8, 4) is 5.88 Å². The van der Waals surface area contributed by atoms with Crippen LogP contribution in [-0.4, -0.2) is 28.5 Å². The van der Waals surface area contributed by atoms with Gasteiger partial charge in [0.15, 0.2) is 0 Å². The number of nitrogens with zero attached hydrogens (tertiary/aromatic N) is 2. The molecule has 0 bridgehead atoms. The van der Waals surface area contributed by atoms with Crippen molar-refractivity contribution in [1.29, 1.82) is 0 Å². The number of aromatic hydroxyl groups is 1. The summed E-state index contributed by atoms with van der Waals surface area (Å²) in [6.07, 6.45) is 1.44. The summed E-state index contributed by atoms with van der Waals surface area (Å²) in [7, 11) is 0. The lowest BCUT2D eigenvalue weighted by atomic mass is 10.2. The summed E-state index contributed by atoms with van der Waals surface area (Å²) in [5.74, 6) is -0.463. The number of aliphatic imine (C=N–C) groups is 1. The van der Waals surface area contributed by atoms with Crippen LogP contribution in [0, 0.1) is 0 Å². The minimum Gasteiger partial charge on any atom is -0.493 e. The van der Waals surface area contributed by atoms with Gasteiger partial charge in [0.25, 0.3) is 0 Å². The molecule has 0 radical (unpaired) electrons. The predicted molar refractivity (Wildman–Crippen MR) is 90.3 cm³/mol. The Hall–Kier alpha value is -2.41. The van der Waals surface area contributed by atoms with Crippen LogP contribution in [0.5, 0.6) is 5.88 Å². The molecule has 0 atom stereocenters. The van der Waals surface area contributed by atoms with Crippen LogP contribution in [0.3, 0.4) is 0 Å². The van der Waals surface area contributed by atoms with Gasteiger partial charge < -0.3 is 9.84 Å². The highest BCUT2D eigenvalue weighted by Crippen LogP contribution is 2.22. The average molecular weight is 334 g/mol. The fraction of sp³-hybridized carbons (Fsp3) is 0.312. The Balaban J connectivity index is 2.19. The normalized spacial score (nSPS) is 11.3. The van der Waals surface area contributed by atoms with Crippen LogP contribution in [0.1, 0.15) is 42.0 Å². The lowest BCUT2D eigenvalue weighted by Gasteiger charge is -2.06. The molecule has 0 aliphatic carbocycles. The van der Waals surface area contributed by atoms with E-state index in [4.69, 9.17) is 4.74 Å². The molecule has 0 saturated heterocycles. The fourth-order valence-corrected chi connectivity index (χ4v) is 2.84. The minimum atomic E-state index is -0.382. The van der Waals surface area contributed by atoms with Gasteiger partial charge in [-0.3, -0.25) is 14.4 Å². The molecule has 0 spiro atoms. The van der Waals surface area contributed by atoms with E-state index in [0.29, 0.717) is 22.7 Å². The number of carbonyl (C=O) groups excluding carboxylic acids is 1. The van der Waals surface area contributed by atoms with Gasteiger partial charge in [-0.05, 0) is 45.0 Å². The van der Waals surface area contributed by atoms with E-state index in [1.54, 1.807) is 31.2 Å². The number of benzene rings is 1. The second-order valence-electron chi connectivity index (χ2n) is 5.05. The van der Waals surface area contributed by atoms with E-state index >= 15 is 0 Å². The first-order valence-electron chi connectivity index (χ1n) is 7.19.